The normalized spacial score (nSPS) is 12.1. The number of halogens is 1. The molecule has 28 heavy (non-hydrogen) atoms. The Kier molecular flexibility index (Phi) is 19.1. The van der Waals surface area contributed by atoms with Crippen molar-refractivity contribution >= 4 is 33.6 Å². The third kappa shape index (κ3) is 11.8. The minimum atomic E-state index is -5.47. The smallest absolute Gasteiger partial charge is 0.810 e. The number of benzene rings is 2. The van der Waals surface area contributed by atoms with Gasteiger partial charge in [0.1, 0.15) is 10.1 Å². The van der Waals surface area contributed by atoms with Gasteiger partial charge in [0.05, 0.1) is 4.99 Å². The van der Waals surface area contributed by atoms with Crippen LogP contribution in [0, 0.1) is 0 Å². The van der Waals surface area contributed by atoms with Crippen LogP contribution in [-0.4, -0.2) is 18.0 Å². The Morgan fingerprint density at radius 3 is 1.71 bits per heavy atom. The summed E-state index contributed by atoms with van der Waals surface area (Å²) in [6.45, 7) is 0. The molecule has 1 atom stereocenters. The van der Waals surface area contributed by atoms with Crippen LogP contribution in [0.4, 0.5) is 0 Å². The van der Waals surface area contributed by atoms with E-state index in [0.717, 1.165) is 21.2 Å². The van der Waals surface area contributed by atoms with Gasteiger partial charge in [0, 0.05) is 4.47 Å². The summed E-state index contributed by atoms with van der Waals surface area (Å²) >= 11 is 3.37. The first-order valence-corrected chi connectivity index (χ1v) is 11.3. The number of aryl methyl sites for hydroxylation is 1. The summed E-state index contributed by atoms with van der Waals surface area (Å²) in [5.41, 5.74) is 2.89. The molecule has 6 nitrogen and oxygen atoms in total. The van der Waals surface area contributed by atoms with E-state index >= 15 is 0 Å². The molecule has 0 saturated carbocycles. The molecule has 12 heteroatoms. The van der Waals surface area contributed by atoms with Crippen LogP contribution < -0.4 is 164 Å². The van der Waals surface area contributed by atoms with Crippen LogP contribution >= 0.6 is 23.5 Å². The van der Waals surface area contributed by atoms with E-state index in [9.17, 15) is 27.3 Å². The van der Waals surface area contributed by atoms with Crippen LogP contribution in [0.3, 0.4) is 0 Å². The van der Waals surface area contributed by atoms with Gasteiger partial charge in [0.15, 0.2) is 0 Å². The van der Waals surface area contributed by atoms with E-state index < -0.39 is 29.1 Å². The van der Waals surface area contributed by atoms with Crippen molar-refractivity contribution in [1.29, 1.82) is 0 Å². The molecule has 0 bridgehead atoms. The molecule has 0 N–H and O–H groups in total. The molecule has 0 saturated heterocycles. The maximum Gasteiger partial charge on any atom is 1.00 e. The summed E-state index contributed by atoms with van der Waals surface area (Å²) < 4.78 is 44.7. The first-order chi connectivity index (χ1) is 11.6. The predicted octanol–water partition coefficient (Wildman–Crippen LogP) is -6.76. The summed E-state index contributed by atoms with van der Waals surface area (Å²) in [6, 6.07) is 15.2. The van der Waals surface area contributed by atoms with E-state index in [4.69, 9.17) is 0 Å². The van der Waals surface area contributed by atoms with E-state index in [-0.39, 0.29) is 161 Å². The molecular weight excluding hydrogens is 548 g/mol. The molecule has 2 aromatic carbocycles. The van der Waals surface area contributed by atoms with Gasteiger partial charge < -0.3 is 18.9 Å². The maximum atomic E-state index is 10.9. The molecule has 0 radical (unpaired) electrons. The second-order valence-corrected chi connectivity index (χ2v) is 10.1. The number of rotatable bonds is 7. The maximum absolute atomic E-state index is 10.9. The monoisotopic (exact) mass is 562 g/mol. The Morgan fingerprint density at radius 2 is 1.32 bits per heavy atom. The Hall–Kier alpha value is 3.89. The molecule has 0 spiro atoms. The third-order valence-corrected chi connectivity index (χ3v) is 7.68. The van der Waals surface area contributed by atoms with Crippen LogP contribution in [0.25, 0.3) is 11.1 Å². The van der Waals surface area contributed by atoms with Crippen LogP contribution in [0.2, 0.25) is 0 Å². The fourth-order valence-corrected chi connectivity index (χ4v) is 4.93. The average Bonchev–Trinajstić information content (AvgIpc) is 2.50. The average molecular weight is 564 g/mol. The summed E-state index contributed by atoms with van der Waals surface area (Å²) in [5.74, 6) is 0. The van der Waals surface area contributed by atoms with Gasteiger partial charge in [-0.25, -0.2) is 8.42 Å². The van der Waals surface area contributed by atoms with Crippen molar-refractivity contribution in [3.8, 4) is 11.1 Å². The second kappa shape index (κ2) is 15.7. The van der Waals surface area contributed by atoms with Crippen molar-refractivity contribution in [2.45, 2.75) is 24.3 Å². The van der Waals surface area contributed by atoms with Gasteiger partial charge in [0.2, 0.25) is 0 Å². The zero-order chi connectivity index (χ0) is 18.7. The van der Waals surface area contributed by atoms with Gasteiger partial charge in [-0.3, -0.25) is 0 Å². The van der Waals surface area contributed by atoms with Crippen LogP contribution in [0.1, 0.15) is 18.4 Å². The zero-order valence-corrected chi connectivity index (χ0v) is 28.7. The molecule has 0 aliphatic carbocycles. The van der Waals surface area contributed by atoms with Gasteiger partial charge in [-0.1, -0.05) is 59.9 Å². The minimum absolute atomic E-state index is 0. The van der Waals surface area contributed by atoms with Crippen LogP contribution in [-0.2, 0) is 21.1 Å². The number of hydrogen-bond donors (Lipinski definition) is 0. The Labute approximate surface area is 301 Å². The van der Waals surface area contributed by atoms with Crippen molar-refractivity contribution in [2.75, 3.05) is 0 Å². The molecule has 0 heterocycles. The van der Waals surface area contributed by atoms with E-state index in [1.807, 2.05) is 48.5 Å². The molecule has 0 amide bonds. The van der Waals surface area contributed by atoms with Crippen LogP contribution in [0.5, 0.6) is 0 Å². The summed E-state index contributed by atoms with van der Waals surface area (Å²) in [4.78, 5) is 19.5. The van der Waals surface area contributed by atoms with Crippen molar-refractivity contribution in [3.63, 3.8) is 0 Å². The largest absolute Gasteiger partial charge is 1.00 e. The summed E-state index contributed by atoms with van der Waals surface area (Å²) in [5, 5.41) is 0. The van der Waals surface area contributed by atoms with Crippen molar-refractivity contribution in [1.82, 2.24) is 0 Å². The topological polar surface area (TPSA) is 120 Å². The fourth-order valence-electron chi connectivity index (χ4n) is 2.45. The van der Waals surface area contributed by atoms with E-state index in [2.05, 4.69) is 15.9 Å². The van der Waals surface area contributed by atoms with Gasteiger partial charge in [0.25, 0.3) is 0 Å². The summed E-state index contributed by atoms with van der Waals surface area (Å²) in [7, 11) is -10.6. The minimum Gasteiger partial charge on any atom is -0.810 e. The van der Waals surface area contributed by atoms with Gasteiger partial charge >= 0.3 is 154 Å². The molecular formula is C16H15BrK3O6PS. The Bertz CT molecular complexity index is 872. The predicted molar refractivity (Wildman–Crippen MR) is 93.6 cm³/mol. The first-order valence-electron chi connectivity index (χ1n) is 7.39. The molecule has 136 valence electrons. The van der Waals surface area contributed by atoms with Crippen molar-refractivity contribution < 1.29 is 181 Å². The van der Waals surface area contributed by atoms with Gasteiger partial charge in [-0.05, 0) is 48.1 Å². The molecule has 0 aliphatic heterocycles. The van der Waals surface area contributed by atoms with E-state index in [1.54, 1.807) is 0 Å². The van der Waals surface area contributed by atoms with Crippen molar-refractivity contribution in [2.24, 2.45) is 0 Å². The molecule has 0 aromatic heterocycles. The van der Waals surface area contributed by atoms with Gasteiger partial charge in [-0.15, -0.1) is 0 Å². The van der Waals surface area contributed by atoms with Crippen LogP contribution in [0.15, 0.2) is 53.0 Å². The molecule has 0 fully saturated rings. The number of hydrogen-bond acceptors (Lipinski definition) is 6. The second-order valence-electron chi connectivity index (χ2n) is 5.58. The molecule has 2 rings (SSSR count). The first kappa shape index (κ1) is 34.1. The molecule has 0 aliphatic rings. The summed E-state index contributed by atoms with van der Waals surface area (Å²) in [6.07, 6.45) is -0.0184. The quantitative estimate of drug-likeness (QED) is 0.188. The molecule has 2 aromatic rings. The standard InChI is InChI=1S/C16H18BrO6PS.3K/c17-15-10-8-14(9-11-15)13-6-4-12(5-7-13)2-1-3-16(24(18,19)20)25(21,22)23;;;/h4-11,16H,1-3H2,(H2,18,19,20)(H,21,22,23);;;/q;3*+1/p-3. The van der Waals surface area contributed by atoms with E-state index in [1.165, 1.54) is 0 Å². The third-order valence-electron chi connectivity index (χ3n) is 3.73. The SMILES string of the molecule is O=P([O-])([O-])C(CCCc1ccc(-c2ccc(Br)cc2)cc1)S(=O)(=O)[O-].[K+].[K+].[K+]. The van der Waals surface area contributed by atoms with Gasteiger partial charge in [-0.2, -0.15) is 0 Å². The van der Waals surface area contributed by atoms with E-state index in [0.29, 0.717) is 6.42 Å². The Balaban J connectivity index is 0. The Morgan fingerprint density at radius 1 is 0.893 bits per heavy atom. The van der Waals surface area contributed by atoms with Crippen molar-refractivity contribution in [3.05, 3.63) is 58.6 Å². The zero-order valence-electron chi connectivity index (χ0n) is 16.0. The fraction of sp³-hybridized carbons (Fsp3) is 0.250. The molecule has 1 unspecified atom stereocenters.